The zero-order valence-electron chi connectivity index (χ0n) is 14.1. The summed E-state index contributed by atoms with van der Waals surface area (Å²) >= 11 is 1.64. The molecule has 0 saturated heterocycles. The second-order valence-electron chi connectivity index (χ2n) is 6.54. The molecule has 1 heterocycles. The van der Waals surface area contributed by atoms with Crippen LogP contribution in [0.25, 0.3) is 0 Å². The molecule has 0 saturated carbocycles. The Labute approximate surface area is 147 Å². The number of carbonyl (C=O) groups excluding carboxylic acids is 2. The molecule has 2 aliphatic carbocycles. The van der Waals surface area contributed by atoms with Gasteiger partial charge in [0.05, 0.1) is 5.56 Å². The standard InChI is InChI=1S/C19H25NO3S/c21-18(20-11-10-14-6-2-1-3-7-14)12-23-19(22)16-13-24-17-9-5-4-8-15(16)17/h6,13H,1-5,7-12H2,(H,20,21). The third kappa shape index (κ3) is 4.47. The number of thiophene rings is 1. The summed E-state index contributed by atoms with van der Waals surface area (Å²) < 4.78 is 5.20. The highest BCUT2D eigenvalue weighted by molar-refractivity contribution is 7.10. The number of aryl methyl sites for hydroxylation is 1. The van der Waals surface area contributed by atoms with E-state index in [2.05, 4.69) is 11.4 Å². The highest BCUT2D eigenvalue weighted by Gasteiger charge is 2.21. The molecule has 1 amide bonds. The highest BCUT2D eigenvalue weighted by Crippen LogP contribution is 2.30. The van der Waals surface area contributed by atoms with Crippen LogP contribution in [-0.4, -0.2) is 25.0 Å². The number of hydrogen-bond acceptors (Lipinski definition) is 4. The molecule has 24 heavy (non-hydrogen) atoms. The summed E-state index contributed by atoms with van der Waals surface area (Å²) in [6.45, 7) is 0.429. The van der Waals surface area contributed by atoms with Gasteiger partial charge in [-0.25, -0.2) is 4.79 Å². The first-order valence-electron chi connectivity index (χ1n) is 8.95. The van der Waals surface area contributed by atoms with E-state index in [0.29, 0.717) is 12.1 Å². The second-order valence-corrected chi connectivity index (χ2v) is 7.51. The van der Waals surface area contributed by atoms with Crippen molar-refractivity contribution in [3.63, 3.8) is 0 Å². The maximum atomic E-state index is 12.2. The predicted octanol–water partition coefficient (Wildman–Crippen LogP) is 3.79. The largest absolute Gasteiger partial charge is 0.452 e. The van der Waals surface area contributed by atoms with Crippen LogP contribution in [0.4, 0.5) is 0 Å². The summed E-state index contributed by atoms with van der Waals surface area (Å²) in [5.41, 5.74) is 3.24. The van der Waals surface area contributed by atoms with Gasteiger partial charge >= 0.3 is 5.97 Å². The number of allylic oxidation sites excluding steroid dienone is 1. The molecular formula is C19H25NO3S. The van der Waals surface area contributed by atoms with E-state index in [9.17, 15) is 9.59 Å². The fourth-order valence-electron chi connectivity index (χ4n) is 3.42. The van der Waals surface area contributed by atoms with E-state index < -0.39 is 0 Å². The molecular weight excluding hydrogens is 322 g/mol. The molecule has 0 unspecified atom stereocenters. The smallest absolute Gasteiger partial charge is 0.339 e. The predicted molar refractivity (Wildman–Crippen MR) is 95.4 cm³/mol. The number of hydrogen-bond donors (Lipinski definition) is 1. The first-order chi connectivity index (χ1) is 11.7. The monoisotopic (exact) mass is 347 g/mol. The molecule has 0 atom stereocenters. The second kappa shape index (κ2) is 8.47. The summed E-state index contributed by atoms with van der Waals surface area (Å²) in [6.07, 6.45) is 12.4. The van der Waals surface area contributed by atoms with Gasteiger partial charge < -0.3 is 10.1 Å². The Morgan fingerprint density at radius 1 is 1.12 bits per heavy atom. The van der Waals surface area contributed by atoms with Crippen LogP contribution in [0.2, 0.25) is 0 Å². The number of ether oxygens (including phenoxy) is 1. The number of amides is 1. The molecule has 2 aliphatic rings. The Hall–Kier alpha value is -1.62. The maximum Gasteiger partial charge on any atom is 0.339 e. The number of fused-ring (bicyclic) bond motifs is 1. The van der Waals surface area contributed by atoms with Crippen LogP contribution in [0.5, 0.6) is 0 Å². The summed E-state index contributed by atoms with van der Waals surface area (Å²) in [6, 6.07) is 0. The molecule has 1 aromatic rings. The molecule has 0 spiro atoms. The van der Waals surface area contributed by atoms with Crippen molar-refractivity contribution in [2.24, 2.45) is 0 Å². The van der Waals surface area contributed by atoms with E-state index in [0.717, 1.165) is 44.1 Å². The lowest BCUT2D eigenvalue weighted by Crippen LogP contribution is -2.30. The topological polar surface area (TPSA) is 55.4 Å². The van der Waals surface area contributed by atoms with Crippen molar-refractivity contribution in [3.8, 4) is 0 Å². The van der Waals surface area contributed by atoms with E-state index in [1.807, 2.05) is 5.38 Å². The Morgan fingerprint density at radius 2 is 1.96 bits per heavy atom. The van der Waals surface area contributed by atoms with Gasteiger partial charge in [0, 0.05) is 16.8 Å². The van der Waals surface area contributed by atoms with Crippen molar-refractivity contribution < 1.29 is 14.3 Å². The Bertz CT molecular complexity index is 633. The lowest BCUT2D eigenvalue weighted by Gasteiger charge is -2.13. The number of esters is 1. The zero-order chi connectivity index (χ0) is 16.8. The van der Waals surface area contributed by atoms with Crippen LogP contribution in [0.15, 0.2) is 17.0 Å². The Balaban J connectivity index is 1.40. The minimum absolute atomic E-state index is 0.192. The van der Waals surface area contributed by atoms with Crippen LogP contribution in [0.3, 0.4) is 0 Å². The van der Waals surface area contributed by atoms with Crippen LogP contribution < -0.4 is 5.32 Å². The van der Waals surface area contributed by atoms with Gasteiger partial charge in [0.2, 0.25) is 0 Å². The van der Waals surface area contributed by atoms with Crippen molar-refractivity contribution in [2.45, 2.75) is 57.8 Å². The van der Waals surface area contributed by atoms with Crippen LogP contribution in [0.1, 0.15) is 65.7 Å². The van der Waals surface area contributed by atoms with Crippen molar-refractivity contribution in [3.05, 3.63) is 33.0 Å². The van der Waals surface area contributed by atoms with Gasteiger partial charge in [0.25, 0.3) is 5.91 Å². The SMILES string of the molecule is O=C(COC(=O)c1csc2c1CCCC2)NCCC1=CCCCC1. The molecule has 4 nitrogen and oxygen atoms in total. The average Bonchev–Trinajstić information content (AvgIpc) is 3.05. The van der Waals surface area contributed by atoms with E-state index >= 15 is 0 Å². The number of rotatable bonds is 6. The van der Waals surface area contributed by atoms with Crippen molar-refractivity contribution in [2.75, 3.05) is 13.2 Å². The van der Waals surface area contributed by atoms with Crippen LogP contribution in [-0.2, 0) is 22.4 Å². The average molecular weight is 347 g/mol. The summed E-state index contributed by atoms with van der Waals surface area (Å²) in [7, 11) is 0. The number of carbonyl (C=O) groups is 2. The van der Waals surface area contributed by atoms with Gasteiger partial charge in [-0.1, -0.05) is 11.6 Å². The maximum absolute atomic E-state index is 12.2. The van der Waals surface area contributed by atoms with Gasteiger partial charge in [-0.3, -0.25) is 4.79 Å². The van der Waals surface area contributed by atoms with Crippen LogP contribution in [0, 0.1) is 0 Å². The molecule has 130 valence electrons. The van der Waals surface area contributed by atoms with E-state index in [1.165, 1.54) is 29.7 Å². The minimum Gasteiger partial charge on any atom is -0.452 e. The minimum atomic E-state index is -0.362. The Morgan fingerprint density at radius 3 is 2.79 bits per heavy atom. The normalized spacial score (nSPS) is 16.9. The molecule has 1 aromatic heterocycles. The third-order valence-electron chi connectivity index (χ3n) is 4.77. The molecule has 0 aromatic carbocycles. The van der Waals surface area contributed by atoms with Gasteiger partial charge in [0.1, 0.15) is 0 Å². The van der Waals surface area contributed by atoms with Gasteiger partial charge in [0.15, 0.2) is 6.61 Å². The molecule has 0 fully saturated rings. The molecule has 5 heteroatoms. The fourth-order valence-corrected chi connectivity index (χ4v) is 4.53. The summed E-state index contributed by atoms with van der Waals surface area (Å²) in [5.74, 6) is -0.580. The first kappa shape index (κ1) is 17.2. The van der Waals surface area contributed by atoms with Crippen molar-refractivity contribution in [1.29, 1.82) is 0 Å². The van der Waals surface area contributed by atoms with Gasteiger partial charge in [-0.2, -0.15) is 0 Å². The fraction of sp³-hybridized carbons (Fsp3) is 0.579. The van der Waals surface area contributed by atoms with Gasteiger partial charge in [-0.15, -0.1) is 11.3 Å². The molecule has 3 rings (SSSR count). The third-order valence-corrected chi connectivity index (χ3v) is 5.86. The van der Waals surface area contributed by atoms with Crippen LogP contribution >= 0.6 is 11.3 Å². The van der Waals surface area contributed by atoms with Crippen molar-refractivity contribution >= 4 is 23.2 Å². The van der Waals surface area contributed by atoms with E-state index in [-0.39, 0.29) is 18.5 Å². The molecule has 1 N–H and O–H groups in total. The number of nitrogens with one attached hydrogen (secondary N) is 1. The zero-order valence-corrected chi connectivity index (χ0v) is 14.9. The lowest BCUT2D eigenvalue weighted by molar-refractivity contribution is -0.124. The van der Waals surface area contributed by atoms with E-state index in [1.54, 1.807) is 11.3 Å². The summed E-state index contributed by atoms with van der Waals surface area (Å²) in [5, 5.41) is 4.72. The first-order valence-corrected chi connectivity index (χ1v) is 9.83. The molecule has 0 radical (unpaired) electrons. The molecule has 0 bridgehead atoms. The van der Waals surface area contributed by atoms with Crippen molar-refractivity contribution in [1.82, 2.24) is 5.32 Å². The van der Waals surface area contributed by atoms with E-state index in [4.69, 9.17) is 4.74 Å². The molecule has 0 aliphatic heterocycles. The van der Waals surface area contributed by atoms with Gasteiger partial charge in [-0.05, 0) is 63.4 Å². The Kier molecular flexibility index (Phi) is 6.07. The summed E-state index contributed by atoms with van der Waals surface area (Å²) in [4.78, 5) is 25.3. The quantitative estimate of drug-likeness (QED) is 0.629. The highest BCUT2D eigenvalue weighted by atomic mass is 32.1. The lowest BCUT2D eigenvalue weighted by atomic mass is 9.96.